The van der Waals surface area contributed by atoms with Crippen molar-refractivity contribution >= 4 is 15.5 Å². The minimum Gasteiger partial charge on any atom is -0.481 e. The van der Waals surface area contributed by atoms with Gasteiger partial charge in [-0.15, -0.1) is 0 Å². The van der Waals surface area contributed by atoms with Crippen LogP contribution in [0.4, 0.5) is 5.69 Å². The summed E-state index contributed by atoms with van der Waals surface area (Å²) in [5, 5.41) is 14.3. The molecule has 1 spiro atoms. The minimum absolute atomic E-state index is 0.0705. The first-order valence-electron chi connectivity index (χ1n) is 12.2. The average Bonchev–Trinajstić information content (AvgIpc) is 3.47. The summed E-state index contributed by atoms with van der Waals surface area (Å²) in [5.41, 5.74) is 5.72. The fraction of sp³-hybridized carbons (Fsp3) is 0.407. The number of hydrogen-bond acceptors (Lipinski definition) is 8. The molecule has 2 aromatic heterocycles. The quantitative estimate of drug-likeness (QED) is 0.467. The molecule has 0 amide bonds. The number of nitrogens with zero attached hydrogens (tertiary/aromatic N) is 3. The van der Waals surface area contributed by atoms with Gasteiger partial charge in [-0.2, -0.15) is 0 Å². The van der Waals surface area contributed by atoms with Gasteiger partial charge in [0.05, 0.1) is 29.1 Å². The van der Waals surface area contributed by atoms with Gasteiger partial charge in [-0.1, -0.05) is 25.0 Å². The van der Waals surface area contributed by atoms with E-state index in [1.165, 1.54) is 6.26 Å². The number of methoxy groups -OCH3 is 1. The maximum absolute atomic E-state index is 11.7. The second-order valence-electron chi connectivity index (χ2n) is 9.89. The number of hydrogen-bond donors (Lipinski definition) is 2. The van der Waals surface area contributed by atoms with Crippen LogP contribution in [0.15, 0.2) is 53.6 Å². The predicted octanol–water partition coefficient (Wildman–Crippen LogP) is 3.56. The van der Waals surface area contributed by atoms with Crippen LogP contribution in [0, 0.1) is 6.92 Å². The van der Waals surface area contributed by atoms with E-state index < -0.39 is 16.2 Å². The first-order chi connectivity index (χ1) is 17.2. The van der Waals surface area contributed by atoms with Crippen LogP contribution in [0.1, 0.15) is 42.5 Å². The molecule has 3 aromatic rings. The fourth-order valence-corrected chi connectivity index (χ4v) is 6.09. The molecule has 2 aliphatic rings. The largest absolute Gasteiger partial charge is 0.481 e. The van der Waals surface area contributed by atoms with Crippen molar-refractivity contribution in [1.82, 2.24) is 15.3 Å². The van der Waals surface area contributed by atoms with E-state index >= 15 is 0 Å². The molecular weight excluding hydrogens is 476 g/mol. The number of ether oxygens (including phenoxy) is 1. The second kappa shape index (κ2) is 9.46. The Hall–Kier alpha value is -3.01. The number of nitrogens with one attached hydrogen (secondary N) is 1. The third-order valence-electron chi connectivity index (χ3n) is 7.43. The van der Waals surface area contributed by atoms with E-state index in [1.54, 1.807) is 31.4 Å². The van der Waals surface area contributed by atoms with Crippen molar-refractivity contribution in [3.63, 3.8) is 0 Å². The van der Waals surface area contributed by atoms with E-state index in [-0.39, 0.29) is 10.3 Å². The van der Waals surface area contributed by atoms with Crippen molar-refractivity contribution < 1.29 is 18.3 Å². The molecule has 0 bridgehead atoms. The number of aliphatic hydroxyl groups excluding tert-OH is 1. The summed E-state index contributed by atoms with van der Waals surface area (Å²) in [6, 6.07) is 12.7. The first kappa shape index (κ1) is 24.7. The molecule has 3 heterocycles. The highest BCUT2D eigenvalue weighted by Gasteiger charge is 2.47. The summed E-state index contributed by atoms with van der Waals surface area (Å²) < 4.78 is 28.7. The lowest BCUT2D eigenvalue weighted by Crippen LogP contribution is -2.46. The molecule has 9 heteroatoms. The molecule has 1 atom stereocenters. The highest BCUT2D eigenvalue weighted by atomic mass is 32.2. The smallest absolute Gasteiger partial charge is 0.213 e. The third-order valence-corrected chi connectivity index (χ3v) is 8.55. The number of aryl methyl sites for hydroxylation is 1. The first-order valence-corrected chi connectivity index (χ1v) is 14.1. The van der Waals surface area contributed by atoms with Crippen molar-refractivity contribution in [2.24, 2.45) is 0 Å². The number of rotatable bonds is 7. The Morgan fingerprint density at radius 3 is 2.53 bits per heavy atom. The van der Waals surface area contributed by atoms with E-state index in [1.807, 2.05) is 30.2 Å². The Morgan fingerprint density at radius 2 is 1.89 bits per heavy atom. The zero-order valence-electron chi connectivity index (χ0n) is 20.9. The SMILES string of the molecule is COc1cc(C)c(-c2ccc3c(n2)C2(CCCC2)CN3C(O)NCc2ccc(S(C)(=O)=O)cc2)cn1. The van der Waals surface area contributed by atoms with Crippen LogP contribution in [0.25, 0.3) is 11.3 Å². The molecule has 1 fully saturated rings. The highest BCUT2D eigenvalue weighted by molar-refractivity contribution is 7.90. The molecule has 1 aliphatic carbocycles. The van der Waals surface area contributed by atoms with Gasteiger partial charge in [-0.25, -0.2) is 18.4 Å². The van der Waals surface area contributed by atoms with Gasteiger partial charge in [0, 0.05) is 42.6 Å². The molecule has 2 N–H and O–H groups in total. The van der Waals surface area contributed by atoms with Gasteiger partial charge in [-0.05, 0) is 55.2 Å². The Bertz CT molecular complexity index is 1370. The Labute approximate surface area is 212 Å². The summed E-state index contributed by atoms with van der Waals surface area (Å²) in [7, 11) is -1.63. The topological polar surface area (TPSA) is 105 Å². The number of aliphatic hydroxyl groups is 1. The van der Waals surface area contributed by atoms with Crippen LogP contribution in [0.3, 0.4) is 0 Å². The van der Waals surface area contributed by atoms with Crippen molar-refractivity contribution in [3.8, 4) is 17.1 Å². The summed E-state index contributed by atoms with van der Waals surface area (Å²) >= 11 is 0. The number of sulfone groups is 1. The molecule has 1 unspecified atom stereocenters. The van der Waals surface area contributed by atoms with Crippen molar-refractivity contribution in [3.05, 3.63) is 65.5 Å². The van der Waals surface area contributed by atoms with Crippen LogP contribution in [0.5, 0.6) is 5.88 Å². The van der Waals surface area contributed by atoms with Gasteiger partial charge >= 0.3 is 0 Å². The molecule has 190 valence electrons. The minimum atomic E-state index is -3.24. The summed E-state index contributed by atoms with van der Waals surface area (Å²) in [5.74, 6) is 0.580. The number of anilines is 1. The Balaban J connectivity index is 1.39. The van der Waals surface area contributed by atoms with Crippen LogP contribution < -0.4 is 15.0 Å². The van der Waals surface area contributed by atoms with E-state index in [4.69, 9.17) is 9.72 Å². The van der Waals surface area contributed by atoms with Crippen molar-refractivity contribution in [1.29, 1.82) is 0 Å². The van der Waals surface area contributed by atoms with Gasteiger partial charge in [0.15, 0.2) is 16.2 Å². The van der Waals surface area contributed by atoms with E-state index in [9.17, 15) is 13.5 Å². The van der Waals surface area contributed by atoms with E-state index in [0.29, 0.717) is 19.0 Å². The summed E-state index contributed by atoms with van der Waals surface area (Å²) in [6.45, 7) is 3.15. The van der Waals surface area contributed by atoms with Crippen molar-refractivity contribution in [2.75, 3.05) is 24.8 Å². The summed E-state index contributed by atoms with van der Waals surface area (Å²) in [4.78, 5) is 11.8. The molecule has 0 saturated heterocycles. The maximum atomic E-state index is 11.7. The lowest BCUT2D eigenvalue weighted by molar-refractivity contribution is 0.128. The number of benzene rings is 1. The molecule has 8 nitrogen and oxygen atoms in total. The van der Waals surface area contributed by atoms with Crippen LogP contribution in [-0.4, -0.2) is 49.8 Å². The second-order valence-corrected chi connectivity index (χ2v) is 11.9. The van der Waals surface area contributed by atoms with Gasteiger partial charge in [0.1, 0.15) is 0 Å². The molecule has 1 aliphatic heterocycles. The van der Waals surface area contributed by atoms with Gasteiger partial charge in [0.2, 0.25) is 5.88 Å². The Morgan fingerprint density at radius 1 is 1.17 bits per heavy atom. The molecule has 0 radical (unpaired) electrons. The lowest BCUT2D eigenvalue weighted by atomic mass is 9.84. The third kappa shape index (κ3) is 4.58. The molecular formula is C27H32N4O4S. The number of aromatic nitrogens is 2. The molecule has 1 aromatic carbocycles. The van der Waals surface area contributed by atoms with Gasteiger partial charge < -0.3 is 14.7 Å². The van der Waals surface area contributed by atoms with Crippen LogP contribution >= 0.6 is 0 Å². The maximum Gasteiger partial charge on any atom is 0.213 e. The van der Waals surface area contributed by atoms with Crippen LogP contribution in [-0.2, 0) is 21.8 Å². The standard InChI is InChI=1S/C27H32N4O4S/c1-18-14-24(35-2)28-16-21(18)22-10-11-23-25(30-22)27(12-4-5-13-27)17-31(23)26(32)29-15-19-6-8-20(9-7-19)36(3,33)34/h6-11,14,16,26,29,32H,4-5,12-13,15,17H2,1-3H3. The molecule has 36 heavy (non-hydrogen) atoms. The van der Waals surface area contributed by atoms with Crippen molar-refractivity contribution in [2.45, 2.75) is 55.8 Å². The number of pyridine rings is 2. The monoisotopic (exact) mass is 508 g/mol. The average molecular weight is 509 g/mol. The van der Waals surface area contributed by atoms with Gasteiger partial charge in [0.25, 0.3) is 0 Å². The predicted molar refractivity (Wildman–Crippen MR) is 139 cm³/mol. The van der Waals surface area contributed by atoms with E-state index in [0.717, 1.165) is 59.4 Å². The molecule has 5 rings (SSSR count). The molecule has 1 saturated carbocycles. The zero-order chi connectivity index (χ0) is 25.5. The zero-order valence-corrected chi connectivity index (χ0v) is 21.7. The Kier molecular flexibility index (Phi) is 6.48. The number of fused-ring (bicyclic) bond motifs is 2. The van der Waals surface area contributed by atoms with Gasteiger partial charge in [-0.3, -0.25) is 5.32 Å². The lowest BCUT2D eigenvalue weighted by Gasteiger charge is -2.29. The highest BCUT2D eigenvalue weighted by Crippen LogP contribution is 2.50. The van der Waals surface area contributed by atoms with Crippen LogP contribution in [0.2, 0.25) is 0 Å². The van der Waals surface area contributed by atoms with E-state index in [2.05, 4.69) is 16.4 Å². The fourth-order valence-electron chi connectivity index (χ4n) is 5.46. The summed E-state index contributed by atoms with van der Waals surface area (Å²) in [6.07, 6.45) is 6.51. The normalized spacial score (nSPS) is 17.4.